The molecule has 0 bridgehead atoms. The van der Waals surface area contributed by atoms with E-state index in [9.17, 15) is 4.79 Å². The average Bonchev–Trinajstić information content (AvgIpc) is 1.94. The summed E-state index contributed by atoms with van der Waals surface area (Å²) >= 11 is 0. The minimum Gasteiger partial charge on any atom is -0.469 e. The Morgan fingerprint density at radius 1 is 1.58 bits per heavy atom. The van der Waals surface area contributed by atoms with Crippen molar-refractivity contribution in [2.75, 3.05) is 26.8 Å². The number of carbonyl (C=O) groups excluding carboxylic acids is 1. The highest BCUT2D eigenvalue weighted by Gasteiger charge is 2.16. The molecule has 0 aromatic rings. The van der Waals surface area contributed by atoms with Crippen LogP contribution in [0.15, 0.2) is 0 Å². The van der Waals surface area contributed by atoms with Crippen LogP contribution in [-0.4, -0.2) is 38.9 Å². The number of rotatable bonds is 4. The van der Waals surface area contributed by atoms with Crippen LogP contribution in [0.25, 0.3) is 0 Å². The molecule has 0 spiro atoms. The van der Waals surface area contributed by atoms with Gasteiger partial charge in [-0.2, -0.15) is 0 Å². The summed E-state index contributed by atoms with van der Waals surface area (Å²) in [5.41, 5.74) is 0. The molecule has 0 saturated carbocycles. The van der Waals surface area contributed by atoms with Crippen molar-refractivity contribution >= 4 is 18.4 Å². The predicted octanol–water partition coefficient (Wildman–Crippen LogP) is -0.0403. The predicted molar refractivity (Wildman–Crippen MR) is 46.5 cm³/mol. The normalized spacial score (nSPS) is 16.1. The van der Waals surface area contributed by atoms with Gasteiger partial charge in [0.15, 0.2) is 0 Å². The fourth-order valence-electron chi connectivity index (χ4n) is 0.791. The van der Waals surface area contributed by atoms with Gasteiger partial charge in [-0.05, 0) is 0 Å². The van der Waals surface area contributed by atoms with Crippen LogP contribution in [0, 0.1) is 0 Å². The monoisotopic (exact) mass is 195 g/mol. The third kappa shape index (κ3) is 3.90. The zero-order valence-electron chi connectivity index (χ0n) is 7.04. The standard InChI is InChI=1S/C7H13NO3.ClH/c1-10-7(9)2-3-11-6-4-8-5-6;/h6,8H,2-5H2,1H3;1H. The van der Waals surface area contributed by atoms with Gasteiger partial charge in [0.2, 0.25) is 0 Å². The van der Waals surface area contributed by atoms with Crippen LogP contribution in [0.5, 0.6) is 0 Å². The van der Waals surface area contributed by atoms with Crippen molar-refractivity contribution in [3.8, 4) is 0 Å². The van der Waals surface area contributed by atoms with Gasteiger partial charge in [-0.25, -0.2) is 0 Å². The SMILES string of the molecule is COC(=O)CCOC1CNC1.Cl. The molecular weight excluding hydrogens is 182 g/mol. The van der Waals surface area contributed by atoms with E-state index in [0.29, 0.717) is 19.1 Å². The van der Waals surface area contributed by atoms with Gasteiger partial charge in [-0.1, -0.05) is 0 Å². The molecule has 0 unspecified atom stereocenters. The van der Waals surface area contributed by atoms with Crippen molar-refractivity contribution in [2.24, 2.45) is 0 Å². The summed E-state index contributed by atoms with van der Waals surface area (Å²) in [4.78, 5) is 10.6. The molecular formula is C7H14ClNO3. The Bertz CT molecular complexity index is 139. The van der Waals surface area contributed by atoms with E-state index in [-0.39, 0.29) is 18.4 Å². The van der Waals surface area contributed by atoms with Crippen molar-refractivity contribution in [1.82, 2.24) is 5.32 Å². The molecule has 1 aliphatic heterocycles. The van der Waals surface area contributed by atoms with Crippen LogP contribution in [0.3, 0.4) is 0 Å². The van der Waals surface area contributed by atoms with Gasteiger partial charge in [0.25, 0.3) is 0 Å². The Morgan fingerprint density at radius 2 is 2.25 bits per heavy atom. The number of hydrogen-bond acceptors (Lipinski definition) is 4. The summed E-state index contributed by atoms with van der Waals surface area (Å²) in [6, 6.07) is 0. The van der Waals surface area contributed by atoms with E-state index in [1.807, 2.05) is 0 Å². The van der Waals surface area contributed by atoms with Gasteiger partial charge < -0.3 is 14.8 Å². The molecule has 0 aliphatic carbocycles. The lowest BCUT2D eigenvalue weighted by Crippen LogP contribution is -2.48. The van der Waals surface area contributed by atoms with E-state index in [1.165, 1.54) is 7.11 Å². The first-order valence-electron chi connectivity index (χ1n) is 3.72. The largest absolute Gasteiger partial charge is 0.469 e. The molecule has 0 aromatic heterocycles. The molecule has 1 fully saturated rings. The Morgan fingerprint density at radius 3 is 2.67 bits per heavy atom. The third-order valence-corrected chi connectivity index (χ3v) is 1.63. The molecule has 1 N–H and O–H groups in total. The van der Waals surface area contributed by atoms with Gasteiger partial charge in [0.1, 0.15) is 0 Å². The van der Waals surface area contributed by atoms with Gasteiger partial charge in [0, 0.05) is 13.1 Å². The zero-order valence-corrected chi connectivity index (χ0v) is 7.86. The second kappa shape index (κ2) is 6.22. The highest BCUT2D eigenvalue weighted by molar-refractivity contribution is 5.85. The molecule has 5 heteroatoms. The summed E-state index contributed by atoms with van der Waals surface area (Å²) in [5.74, 6) is -0.211. The first-order chi connectivity index (χ1) is 5.33. The molecule has 1 heterocycles. The molecule has 1 saturated heterocycles. The van der Waals surface area contributed by atoms with Crippen molar-refractivity contribution in [1.29, 1.82) is 0 Å². The fourth-order valence-corrected chi connectivity index (χ4v) is 0.791. The molecule has 0 amide bonds. The Hall–Kier alpha value is -0.320. The van der Waals surface area contributed by atoms with Crippen LogP contribution < -0.4 is 5.32 Å². The highest BCUT2D eigenvalue weighted by atomic mass is 35.5. The van der Waals surface area contributed by atoms with Gasteiger partial charge in [-0.15, -0.1) is 12.4 Å². The van der Waals surface area contributed by atoms with Crippen molar-refractivity contribution in [3.05, 3.63) is 0 Å². The number of halogens is 1. The lowest BCUT2D eigenvalue weighted by Gasteiger charge is -2.26. The zero-order chi connectivity index (χ0) is 8.10. The Kier molecular flexibility index (Phi) is 6.06. The number of nitrogens with one attached hydrogen (secondary N) is 1. The lowest BCUT2D eigenvalue weighted by atomic mass is 10.2. The van der Waals surface area contributed by atoms with Crippen molar-refractivity contribution in [3.63, 3.8) is 0 Å². The molecule has 1 rings (SSSR count). The van der Waals surface area contributed by atoms with E-state index >= 15 is 0 Å². The summed E-state index contributed by atoms with van der Waals surface area (Å²) in [6.45, 7) is 2.28. The van der Waals surface area contributed by atoms with E-state index < -0.39 is 0 Å². The highest BCUT2D eigenvalue weighted by Crippen LogP contribution is 1.98. The van der Waals surface area contributed by atoms with Crippen LogP contribution in [0.2, 0.25) is 0 Å². The molecule has 0 radical (unpaired) electrons. The molecule has 4 nitrogen and oxygen atoms in total. The van der Waals surface area contributed by atoms with E-state index in [2.05, 4.69) is 10.1 Å². The van der Waals surface area contributed by atoms with E-state index in [1.54, 1.807) is 0 Å². The second-order valence-corrected chi connectivity index (χ2v) is 2.48. The molecule has 0 atom stereocenters. The molecule has 72 valence electrons. The summed E-state index contributed by atoms with van der Waals surface area (Å²) in [5, 5.41) is 3.07. The molecule has 12 heavy (non-hydrogen) atoms. The van der Waals surface area contributed by atoms with E-state index in [0.717, 1.165) is 13.1 Å². The van der Waals surface area contributed by atoms with Crippen LogP contribution >= 0.6 is 12.4 Å². The smallest absolute Gasteiger partial charge is 0.307 e. The van der Waals surface area contributed by atoms with Crippen LogP contribution in [0.1, 0.15) is 6.42 Å². The third-order valence-electron chi connectivity index (χ3n) is 1.63. The maximum atomic E-state index is 10.6. The average molecular weight is 196 g/mol. The number of hydrogen-bond donors (Lipinski definition) is 1. The Labute approximate surface area is 78.0 Å². The summed E-state index contributed by atoms with van der Waals surface area (Å²) in [7, 11) is 1.38. The number of esters is 1. The first-order valence-corrected chi connectivity index (χ1v) is 3.72. The van der Waals surface area contributed by atoms with Gasteiger partial charge >= 0.3 is 5.97 Å². The number of methoxy groups -OCH3 is 1. The van der Waals surface area contributed by atoms with Crippen LogP contribution in [-0.2, 0) is 14.3 Å². The fraction of sp³-hybridized carbons (Fsp3) is 0.857. The minimum atomic E-state index is -0.211. The molecule has 1 aliphatic rings. The van der Waals surface area contributed by atoms with Crippen molar-refractivity contribution < 1.29 is 14.3 Å². The number of carbonyl (C=O) groups is 1. The van der Waals surface area contributed by atoms with E-state index in [4.69, 9.17) is 4.74 Å². The first kappa shape index (κ1) is 11.7. The maximum Gasteiger partial charge on any atom is 0.307 e. The Balaban J connectivity index is 0.00000121. The van der Waals surface area contributed by atoms with Crippen LogP contribution in [0.4, 0.5) is 0 Å². The second-order valence-electron chi connectivity index (χ2n) is 2.48. The molecule has 0 aromatic carbocycles. The van der Waals surface area contributed by atoms with Crippen molar-refractivity contribution in [2.45, 2.75) is 12.5 Å². The van der Waals surface area contributed by atoms with Gasteiger partial charge in [0.05, 0.1) is 26.2 Å². The lowest BCUT2D eigenvalue weighted by molar-refractivity contribution is -0.142. The minimum absolute atomic E-state index is 0. The van der Waals surface area contributed by atoms with Gasteiger partial charge in [-0.3, -0.25) is 4.79 Å². The topological polar surface area (TPSA) is 47.6 Å². The quantitative estimate of drug-likeness (QED) is 0.640. The summed E-state index contributed by atoms with van der Waals surface area (Å²) in [6.07, 6.45) is 0.659. The maximum absolute atomic E-state index is 10.6. The summed E-state index contributed by atoms with van der Waals surface area (Å²) < 4.78 is 9.74. The number of ether oxygens (including phenoxy) is 2.